The summed E-state index contributed by atoms with van der Waals surface area (Å²) in [6.07, 6.45) is 0.305. The molecule has 30 heavy (non-hydrogen) atoms. The molecule has 2 N–H and O–H groups in total. The van der Waals surface area contributed by atoms with Crippen molar-refractivity contribution in [2.24, 2.45) is 5.92 Å². The van der Waals surface area contributed by atoms with Crippen LogP contribution in [0.2, 0.25) is 0 Å². The number of fused-ring (bicyclic) bond motifs is 4. The Morgan fingerprint density at radius 1 is 1.07 bits per heavy atom. The van der Waals surface area contributed by atoms with Crippen LogP contribution in [0.25, 0.3) is 11.1 Å². The third-order valence-electron chi connectivity index (χ3n) is 5.99. The van der Waals surface area contributed by atoms with Crippen LogP contribution in [-0.4, -0.2) is 49.7 Å². The van der Waals surface area contributed by atoms with E-state index in [0.717, 1.165) is 0 Å². The van der Waals surface area contributed by atoms with E-state index in [0.29, 0.717) is 40.4 Å². The molecule has 2 aromatic carbocycles. The molecule has 2 aromatic rings. The van der Waals surface area contributed by atoms with Crippen molar-refractivity contribution in [2.45, 2.75) is 25.9 Å². The molecule has 1 heterocycles. The fourth-order valence-corrected chi connectivity index (χ4v) is 4.13. The van der Waals surface area contributed by atoms with Gasteiger partial charge in [-0.3, -0.25) is 4.79 Å². The summed E-state index contributed by atoms with van der Waals surface area (Å²) in [7, 11) is 4.34. The van der Waals surface area contributed by atoms with Crippen molar-refractivity contribution in [3.05, 3.63) is 23.3 Å². The summed E-state index contributed by atoms with van der Waals surface area (Å²) in [6.45, 7) is 3.25. The zero-order chi connectivity index (χ0) is 21.8. The predicted octanol–water partition coefficient (Wildman–Crippen LogP) is 2.94. The number of hydrogen-bond donors (Lipinski definition) is 2. The summed E-state index contributed by atoms with van der Waals surface area (Å²) in [6, 6.07) is 3.26. The lowest BCUT2D eigenvalue weighted by Gasteiger charge is -2.34. The van der Waals surface area contributed by atoms with Crippen LogP contribution in [0.5, 0.6) is 34.5 Å². The van der Waals surface area contributed by atoms with Gasteiger partial charge in [0.1, 0.15) is 5.60 Å². The van der Waals surface area contributed by atoms with Gasteiger partial charge >= 0.3 is 0 Å². The highest BCUT2D eigenvalue weighted by Gasteiger charge is 2.44. The maximum Gasteiger partial charge on any atom is 0.231 e. The summed E-state index contributed by atoms with van der Waals surface area (Å²) < 4.78 is 27.4. The molecular formula is C22H24O8. The lowest BCUT2D eigenvalue weighted by atomic mass is 9.74. The van der Waals surface area contributed by atoms with E-state index >= 15 is 0 Å². The number of aromatic hydroxyl groups is 1. The second-order valence-electron chi connectivity index (χ2n) is 7.64. The van der Waals surface area contributed by atoms with Gasteiger partial charge in [-0.1, -0.05) is 6.92 Å². The van der Waals surface area contributed by atoms with Gasteiger partial charge in [-0.15, -0.1) is 0 Å². The summed E-state index contributed by atoms with van der Waals surface area (Å²) in [4.78, 5) is 13.4. The third-order valence-corrected chi connectivity index (χ3v) is 5.99. The number of ether oxygens (including phenoxy) is 5. The van der Waals surface area contributed by atoms with Crippen molar-refractivity contribution >= 4 is 5.78 Å². The minimum atomic E-state index is -1.66. The van der Waals surface area contributed by atoms with Crippen molar-refractivity contribution in [1.82, 2.24) is 0 Å². The number of carbonyl (C=O) groups excluding carboxylic acids is 1. The molecule has 0 bridgehead atoms. The molecule has 2 aliphatic rings. The van der Waals surface area contributed by atoms with Gasteiger partial charge in [-0.05, 0) is 37.0 Å². The quantitative estimate of drug-likeness (QED) is 0.787. The van der Waals surface area contributed by atoms with Crippen LogP contribution in [-0.2, 0) is 6.42 Å². The second kappa shape index (κ2) is 6.98. The Hall–Kier alpha value is -3.13. The van der Waals surface area contributed by atoms with Crippen LogP contribution in [0.3, 0.4) is 0 Å². The molecular weight excluding hydrogens is 392 g/mol. The molecule has 0 spiro atoms. The number of hydrogen-bond acceptors (Lipinski definition) is 8. The smallest absolute Gasteiger partial charge is 0.231 e. The number of rotatable bonds is 3. The number of methoxy groups -OCH3 is 3. The van der Waals surface area contributed by atoms with Crippen molar-refractivity contribution in [3.8, 4) is 45.6 Å². The number of carbonyl (C=O) groups is 1. The fourth-order valence-electron chi connectivity index (χ4n) is 4.13. The van der Waals surface area contributed by atoms with Gasteiger partial charge in [0.2, 0.25) is 18.3 Å². The fraction of sp³-hybridized carbons (Fsp3) is 0.409. The van der Waals surface area contributed by atoms with E-state index < -0.39 is 17.3 Å². The molecule has 8 nitrogen and oxygen atoms in total. The Labute approximate surface area is 173 Å². The van der Waals surface area contributed by atoms with Crippen molar-refractivity contribution in [2.75, 3.05) is 28.1 Å². The third kappa shape index (κ3) is 2.67. The second-order valence-corrected chi connectivity index (χ2v) is 7.64. The molecule has 4 rings (SSSR count). The molecule has 8 heteroatoms. The van der Waals surface area contributed by atoms with Gasteiger partial charge in [0, 0.05) is 16.7 Å². The highest BCUT2D eigenvalue weighted by molar-refractivity contribution is 6.11. The lowest BCUT2D eigenvalue weighted by molar-refractivity contribution is 0.0129. The number of phenolic OH excluding ortho intramolecular Hbond substituents is 1. The molecule has 0 fully saturated rings. The van der Waals surface area contributed by atoms with Gasteiger partial charge in [-0.2, -0.15) is 0 Å². The van der Waals surface area contributed by atoms with Gasteiger partial charge in [0.25, 0.3) is 0 Å². The zero-order valence-corrected chi connectivity index (χ0v) is 17.5. The number of phenols is 1. The number of benzene rings is 2. The first-order valence-electron chi connectivity index (χ1n) is 9.51. The Balaban J connectivity index is 2.18. The summed E-state index contributed by atoms with van der Waals surface area (Å²) in [5.41, 5.74) is -0.144. The first-order chi connectivity index (χ1) is 14.3. The van der Waals surface area contributed by atoms with Crippen LogP contribution in [0.15, 0.2) is 12.1 Å². The Kier molecular flexibility index (Phi) is 4.69. The minimum absolute atomic E-state index is 0.0274. The molecule has 0 aromatic heterocycles. The maximum atomic E-state index is 13.4. The van der Waals surface area contributed by atoms with E-state index in [1.807, 2.05) is 0 Å². The topological polar surface area (TPSA) is 104 Å². The monoisotopic (exact) mass is 416 g/mol. The normalized spacial score (nSPS) is 21.9. The van der Waals surface area contributed by atoms with E-state index in [4.69, 9.17) is 23.7 Å². The largest absolute Gasteiger partial charge is 0.504 e. The molecule has 1 aliphatic heterocycles. The first kappa shape index (κ1) is 20.2. The molecule has 1 aliphatic carbocycles. The van der Waals surface area contributed by atoms with Gasteiger partial charge in [-0.25, -0.2) is 0 Å². The predicted molar refractivity (Wildman–Crippen MR) is 107 cm³/mol. The van der Waals surface area contributed by atoms with Gasteiger partial charge in [0.05, 0.1) is 21.3 Å². The molecule has 2 atom stereocenters. The summed E-state index contributed by atoms with van der Waals surface area (Å²) in [5.74, 6) is 0.242. The summed E-state index contributed by atoms with van der Waals surface area (Å²) >= 11 is 0. The SMILES string of the molecule is COc1cc2c(c(O)c1OC)-c1c(cc3c(c1OC)OCO3)C(=O)[C@@](C)(O)[C@@H](C)C2. The van der Waals surface area contributed by atoms with Crippen LogP contribution < -0.4 is 23.7 Å². The maximum absolute atomic E-state index is 13.4. The average Bonchev–Trinajstić information content (AvgIpc) is 3.19. The van der Waals surface area contributed by atoms with Crippen LogP contribution >= 0.6 is 0 Å². The van der Waals surface area contributed by atoms with E-state index in [1.165, 1.54) is 34.3 Å². The van der Waals surface area contributed by atoms with E-state index in [2.05, 4.69) is 0 Å². The number of ketones is 1. The minimum Gasteiger partial charge on any atom is -0.504 e. The highest BCUT2D eigenvalue weighted by Crippen LogP contribution is 2.56. The van der Waals surface area contributed by atoms with Gasteiger partial charge in [0.15, 0.2) is 28.8 Å². The Morgan fingerprint density at radius 2 is 1.77 bits per heavy atom. The van der Waals surface area contributed by atoms with Gasteiger partial charge < -0.3 is 33.9 Å². The highest BCUT2D eigenvalue weighted by atomic mass is 16.7. The molecule has 0 radical (unpaired) electrons. The standard InChI is InChI=1S/C22H24O8/c1-10-6-11-7-13(26-3)18(27-4)17(23)15(11)16-12(21(24)22(10,2)25)8-14-19(20(16)28-5)30-9-29-14/h7-8,10,23,25H,6,9H2,1-5H3/t10-,22-/m0/s1. The van der Waals surface area contributed by atoms with Crippen molar-refractivity contribution in [3.63, 3.8) is 0 Å². The van der Waals surface area contributed by atoms with E-state index in [1.54, 1.807) is 13.0 Å². The van der Waals surface area contributed by atoms with Crippen LogP contribution in [0.4, 0.5) is 0 Å². The first-order valence-corrected chi connectivity index (χ1v) is 9.51. The van der Waals surface area contributed by atoms with E-state index in [-0.39, 0.29) is 29.6 Å². The molecule has 0 saturated carbocycles. The zero-order valence-electron chi connectivity index (χ0n) is 17.5. The molecule has 0 saturated heterocycles. The van der Waals surface area contributed by atoms with E-state index in [9.17, 15) is 15.0 Å². The molecule has 160 valence electrons. The van der Waals surface area contributed by atoms with Crippen molar-refractivity contribution < 1.29 is 38.7 Å². The lowest BCUT2D eigenvalue weighted by Crippen LogP contribution is -2.43. The average molecular weight is 416 g/mol. The molecule has 0 amide bonds. The van der Waals surface area contributed by atoms with Crippen LogP contribution in [0, 0.1) is 5.92 Å². The van der Waals surface area contributed by atoms with Crippen LogP contribution in [0.1, 0.15) is 29.8 Å². The number of Topliss-reactive ketones (excluding diaryl/α,β-unsaturated/α-hetero) is 1. The molecule has 0 unspecified atom stereocenters. The summed E-state index contributed by atoms with van der Waals surface area (Å²) in [5, 5.41) is 22.3. The Bertz CT molecular complexity index is 1040. The van der Waals surface area contributed by atoms with Crippen molar-refractivity contribution in [1.29, 1.82) is 0 Å². The number of aliphatic hydroxyl groups is 1. The Morgan fingerprint density at radius 3 is 2.40 bits per heavy atom.